The Bertz CT molecular complexity index is 910. The Morgan fingerprint density at radius 2 is 1.75 bits per heavy atom. The van der Waals surface area contributed by atoms with Crippen molar-refractivity contribution < 1.29 is 18.7 Å². The molecule has 4 rings (SSSR count). The number of carbonyl (C=O) groups excluding carboxylic acids is 2. The molecular weight excluding hydrogens is 524 g/mol. The van der Waals surface area contributed by atoms with Crippen LogP contribution in [0.3, 0.4) is 0 Å². The van der Waals surface area contributed by atoms with Gasteiger partial charge in [-0.1, -0.05) is 24.3 Å². The summed E-state index contributed by atoms with van der Waals surface area (Å²) in [7, 11) is 1.43. The van der Waals surface area contributed by atoms with Crippen LogP contribution in [-0.4, -0.2) is 91.2 Å². The van der Waals surface area contributed by atoms with Crippen molar-refractivity contribution in [3.63, 3.8) is 0 Å². The molecule has 36 heavy (non-hydrogen) atoms. The van der Waals surface area contributed by atoms with E-state index in [0.717, 1.165) is 65.1 Å². The Hall–Kier alpha value is -1.16. The predicted molar refractivity (Wildman–Crippen MR) is 148 cm³/mol. The summed E-state index contributed by atoms with van der Waals surface area (Å²) in [6, 6.07) is 6.19. The van der Waals surface area contributed by atoms with Crippen LogP contribution in [0.5, 0.6) is 0 Å². The molecule has 10 heteroatoms. The number of ether oxygens (including phenoxy) is 1. The highest BCUT2D eigenvalue weighted by molar-refractivity contribution is 7.81. The number of esters is 1. The highest BCUT2D eigenvalue weighted by Crippen LogP contribution is 2.39. The normalized spacial score (nSPS) is 23.4. The van der Waals surface area contributed by atoms with Gasteiger partial charge >= 0.3 is 5.97 Å². The zero-order chi connectivity index (χ0) is 24.1. The van der Waals surface area contributed by atoms with E-state index in [4.69, 9.17) is 17.4 Å². The third kappa shape index (κ3) is 8.17. The van der Waals surface area contributed by atoms with Crippen LogP contribution in [-0.2, 0) is 14.3 Å². The molecule has 0 N–H and O–H groups in total. The summed E-state index contributed by atoms with van der Waals surface area (Å²) >= 11 is 4.82. The predicted octanol–water partition coefficient (Wildman–Crippen LogP) is 3.80. The van der Waals surface area contributed by atoms with Crippen LogP contribution < -0.4 is 0 Å². The Morgan fingerprint density at radius 1 is 1.08 bits per heavy atom. The van der Waals surface area contributed by atoms with Gasteiger partial charge in [-0.15, -0.1) is 24.8 Å². The van der Waals surface area contributed by atoms with Gasteiger partial charge in [-0.25, -0.2) is 4.39 Å². The second-order valence-corrected chi connectivity index (χ2v) is 10.2. The number of hydrogen-bond donors (Lipinski definition) is 1. The van der Waals surface area contributed by atoms with Gasteiger partial charge in [0.15, 0.2) is 5.78 Å². The third-order valence-electron chi connectivity index (χ3n) is 7.25. The van der Waals surface area contributed by atoms with Crippen LogP contribution in [0.25, 0.3) is 0 Å². The van der Waals surface area contributed by atoms with Gasteiger partial charge in [0.1, 0.15) is 5.82 Å². The first-order valence-corrected chi connectivity index (χ1v) is 12.9. The van der Waals surface area contributed by atoms with Crippen molar-refractivity contribution >= 4 is 49.2 Å². The summed E-state index contributed by atoms with van der Waals surface area (Å²) in [5, 5.41) is 0.162. The van der Waals surface area contributed by atoms with Crippen molar-refractivity contribution in [3.05, 3.63) is 47.3 Å². The minimum absolute atomic E-state index is 0. The summed E-state index contributed by atoms with van der Waals surface area (Å²) in [6.07, 6.45) is 5.37. The Morgan fingerprint density at radius 3 is 2.39 bits per heavy atom. The lowest BCUT2D eigenvalue weighted by Gasteiger charge is -2.38. The van der Waals surface area contributed by atoms with Gasteiger partial charge in [0.25, 0.3) is 0 Å². The molecule has 0 bridgehead atoms. The molecular formula is C26H38Cl2FN3O3S. The molecule has 1 saturated carbocycles. The largest absolute Gasteiger partial charge is 0.469 e. The SMILES string of the molecule is COC(=O)CCN1CCN(C/C=C2\CN(C(C(=O)C3CC3)c3ccccc3F)CCC2S)CC1.Cl.Cl. The van der Waals surface area contributed by atoms with Crippen LogP contribution in [0.15, 0.2) is 35.9 Å². The fourth-order valence-electron chi connectivity index (χ4n) is 4.92. The smallest absolute Gasteiger partial charge is 0.306 e. The lowest BCUT2D eigenvalue weighted by molar-refractivity contribution is -0.141. The van der Waals surface area contributed by atoms with Crippen molar-refractivity contribution in [2.45, 2.75) is 37.0 Å². The van der Waals surface area contributed by atoms with Crippen molar-refractivity contribution in [1.82, 2.24) is 14.7 Å². The number of benzene rings is 1. The summed E-state index contributed by atoms with van der Waals surface area (Å²) in [5.41, 5.74) is 1.71. The maximum atomic E-state index is 14.7. The van der Waals surface area contributed by atoms with Crippen LogP contribution in [0.1, 0.15) is 37.3 Å². The maximum Gasteiger partial charge on any atom is 0.306 e. The number of ketones is 1. The minimum Gasteiger partial charge on any atom is -0.469 e. The third-order valence-corrected chi connectivity index (χ3v) is 7.84. The molecule has 2 atom stereocenters. The quantitative estimate of drug-likeness (QED) is 0.281. The molecule has 0 amide bonds. The first kappa shape index (κ1) is 31.1. The topological polar surface area (TPSA) is 53.1 Å². The van der Waals surface area contributed by atoms with Gasteiger partial charge in [0.05, 0.1) is 19.6 Å². The number of thiol groups is 1. The number of halogens is 3. The van der Waals surface area contributed by atoms with E-state index < -0.39 is 6.04 Å². The Labute approximate surface area is 231 Å². The monoisotopic (exact) mass is 561 g/mol. The Balaban J connectivity index is 0.00000228. The number of piperidine rings is 1. The molecule has 202 valence electrons. The second kappa shape index (κ2) is 14.7. The number of likely N-dealkylation sites (tertiary alicyclic amines) is 1. The number of methoxy groups -OCH3 is 1. The van der Waals surface area contributed by atoms with Gasteiger partial charge in [-0.2, -0.15) is 12.6 Å². The van der Waals surface area contributed by atoms with Crippen molar-refractivity contribution in [3.8, 4) is 0 Å². The second-order valence-electron chi connectivity index (χ2n) is 9.62. The first-order valence-electron chi connectivity index (χ1n) is 12.4. The van der Waals surface area contributed by atoms with Crippen molar-refractivity contribution in [2.75, 3.05) is 59.5 Å². The molecule has 0 spiro atoms. The molecule has 2 aliphatic heterocycles. The van der Waals surface area contributed by atoms with Gasteiger partial charge in [0, 0.05) is 69.1 Å². The average Bonchev–Trinajstić information content (AvgIpc) is 3.70. The van der Waals surface area contributed by atoms with E-state index in [9.17, 15) is 14.0 Å². The van der Waals surface area contributed by atoms with Crippen LogP contribution in [0, 0.1) is 11.7 Å². The van der Waals surface area contributed by atoms with Gasteiger partial charge in [0.2, 0.25) is 0 Å². The number of carbonyl (C=O) groups is 2. The molecule has 1 aliphatic carbocycles. The van der Waals surface area contributed by atoms with E-state index in [1.807, 2.05) is 6.07 Å². The molecule has 3 fully saturated rings. The zero-order valence-corrected chi connectivity index (χ0v) is 23.3. The molecule has 1 aromatic carbocycles. The van der Waals surface area contributed by atoms with Gasteiger partial charge in [-0.3, -0.25) is 19.4 Å². The highest BCUT2D eigenvalue weighted by atomic mass is 35.5. The van der Waals surface area contributed by atoms with E-state index in [-0.39, 0.29) is 53.6 Å². The summed E-state index contributed by atoms with van der Waals surface area (Å²) in [5.74, 6) is -0.237. The first-order chi connectivity index (χ1) is 16.5. The molecule has 2 unspecified atom stereocenters. The lowest BCUT2D eigenvalue weighted by Crippen LogP contribution is -2.47. The van der Waals surface area contributed by atoms with Crippen molar-refractivity contribution in [2.24, 2.45) is 5.92 Å². The number of rotatable bonds is 9. The van der Waals surface area contributed by atoms with Gasteiger partial charge in [-0.05, 0) is 30.9 Å². The highest BCUT2D eigenvalue weighted by Gasteiger charge is 2.40. The fraction of sp³-hybridized carbons (Fsp3) is 0.615. The van der Waals surface area contributed by atoms with Crippen molar-refractivity contribution in [1.29, 1.82) is 0 Å². The maximum absolute atomic E-state index is 14.7. The number of nitrogens with zero attached hydrogens (tertiary/aromatic N) is 3. The van der Waals surface area contributed by atoms with E-state index in [0.29, 0.717) is 18.5 Å². The summed E-state index contributed by atoms with van der Waals surface area (Å²) in [6.45, 7) is 6.72. The zero-order valence-electron chi connectivity index (χ0n) is 20.8. The molecule has 1 aromatic rings. The average molecular weight is 563 g/mol. The number of hydrogen-bond acceptors (Lipinski definition) is 7. The van der Waals surface area contributed by atoms with E-state index in [2.05, 4.69) is 20.8 Å². The van der Waals surface area contributed by atoms with E-state index in [1.165, 1.54) is 18.7 Å². The molecule has 3 aliphatic rings. The molecule has 6 nitrogen and oxygen atoms in total. The molecule has 2 saturated heterocycles. The van der Waals surface area contributed by atoms with E-state index >= 15 is 0 Å². The lowest BCUT2D eigenvalue weighted by atomic mass is 9.93. The summed E-state index contributed by atoms with van der Waals surface area (Å²) < 4.78 is 19.4. The standard InChI is InChI=1S/C26H36FN3O3S.2ClH/c1-33-24(31)10-12-29-16-14-28(15-17-29)11-8-20-18-30(13-9-23(20)34)25(26(32)19-6-7-19)21-4-2-3-5-22(21)27;;/h2-5,8,19,23,25,34H,6-7,9-18H2,1H3;2*1H/b20-8+;;. The van der Waals surface area contributed by atoms with Gasteiger partial charge < -0.3 is 9.64 Å². The van der Waals surface area contributed by atoms with Crippen LogP contribution >= 0.6 is 37.4 Å². The Kier molecular flexibility index (Phi) is 12.7. The van der Waals surface area contributed by atoms with E-state index in [1.54, 1.807) is 12.1 Å². The minimum atomic E-state index is -0.517. The number of piperazine rings is 1. The molecule has 0 aromatic heterocycles. The molecule has 2 heterocycles. The number of Topliss-reactive ketones (excluding diaryl/α,β-unsaturated/α-hetero) is 1. The fourth-order valence-corrected chi connectivity index (χ4v) is 5.23. The van der Waals surface area contributed by atoms with Crippen LogP contribution in [0.2, 0.25) is 0 Å². The molecule has 0 radical (unpaired) electrons. The summed E-state index contributed by atoms with van der Waals surface area (Å²) in [4.78, 5) is 31.4. The van der Waals surface area contributed by atoms with Crippen LogP contribution in [0.4, 0.5) is 4.39 Å².